The average molecular weight is 387 g/mol. The van der Waals surface area contributed by atoms with E-state index in [-0.39, 0.29) is 12.5 Å². The second-order valence-electron chi connectivity index (χ2n) is 6.37. The molecular formula is C19H21N3O4S. The highest BCUT2D eigenvalue weighted by atomic mass is 32.1. The first-order valence-electron chi connectivity index (χ1n) is 8.45. The molecule has 27 heavy (non-hydrogen) atoms. The molecule has 0 fully saturated rings. The van der Waals surface area contributed by atoms with Gasteiger partial charge in [0.1, 0.15) is 22.9 Å². The number of rotatable bonds is 5. The zero-order chi connectivity index (χ0) is 19.6. The van der Waals surface area contributed by atoms with Crippen LogP contribution >= 0.6 is 11.3 Å². The molecule has 3 rings (SSSR count). The normalized spacial score (nSPS) is 12.0. The molecule has 0 saturated carbocycles. The molecule has 142 valence electrons. The lowest BCUT2D eigenvalue weighted by Crippen LogP contribution is -2.28. The Hall–Kier alpha value is -2.87. The van der Waals surface area contributed by atoms with Crippen LogP contribution in [-0.2, 0) is 11.3 Å². The van der Waals surface area contributed by atoms with Crippen LogP contribution < -0.4 is 15.8 Å². The van der Waals surface area contributed by atoms with Gasteiger partial charge in [-0.05, 0) is 19.4 Å². The number of anilines is 1. The van der Waals surface area contributed by atoms with E-state index in [4.69, 9.17) is 9.15 Å². The lowest BCUT2D eigenvalue weighted by Gasteiger charge is -2.12. The van der Waals surface area contributed by atoms with Crippen LogP contribution in [0.1, 0.15) is 30.0 Å². The maximum atomic E-state index is 12.4. The van der Waals surface area contributed by atoms with Gasteiger partial charge in [0.15, 0.2) is 0 Å². The number of hydrogen-bond donors (Lipinski definition) is 1. The lowest BCUT2D eigenvalue weighted by atomic mass is 10.2. The molecule has 0 bridgehead atoms. The molecule has 1 N–H and O–H groups in total. The largest absolute Gasteiger partial charge is 0.445 e. The van der Waals surface area contributed by atoms with E-state index in [1.165, 1.54) is 11.3 Å². The monoisotopic (exact) mass is 387 g/mol. The fourth-order valence-electron chi connectivity index (χ4n) is 2.69. The highest BCUT2D eigenvalue weighted by Crippen LogP contribution is 2.34. The number of fused-ring (bicyclic) bond motifs is 1. The van der Waals surface area contributed by atoms with Crippen molar-refractivity contribution < 1.29 is 13.9 Å². The highest BCUT2D eigenvalue weighted by Gasteiger charge is 2.20. The number of amides is 1. The molecule has 7 nitrogen and oxygen atoms in total. The number of carbonyl (C=O) groups is 1. The summed E-state index contributed by atoms with van der Waals surface area (Å²) in [7, 11) is 3.82. The number of ether oxygens (including phenoxy) is 1. The van der Waals surface area contributed by atoms with Gasteiger partial charge < -0.3 is 19.4 Å². The highest BCUT2D eigenvalue weighted by molar-refractivity contribution is 7.22. The number of thiophene rings is 1. The molecule has 0 saturated heterocycles. The topological polar surface area (TPSA) is 84.7 Å². The van der Waals surface area contributed by atoms with E-state index in [9.17, 15) is 9.59 Å². The Morgan fingerprint density at radius 1 is 1.33 bits per heavy atom. The van der Waals surface area contributed by atoms with E-state index in [0.29, 0.717) is 10.2 Å². The van der Waals surface area contributed by atoms with Crippen molar-refractivity contribution in [1.29, 1.82) is 0 Å². The molecule has 0 aliphatic rings. The summed E-state index contributed by atoms with van der Waals surface area (Å²) in [4.78, 5) is 31.4. The van der Waals surface area contributed by atoms with Gasteiger partial charge in [-0.15, -0.1) is 0 Å². The summed E-state index contributed by atoms with van der Waals surface area (Å²) in [6.45, 7) is 3.72. The van der Waals surface area contributed by atoms with Crippen molar-refractivity contribution >= 4 is 32.6 Å². The molecule has 1 aromatic carbocycles. The minimum absolute atomic E-state index is 0.149. The maximum Gasteiger partial charge on any atom is 0.408 e. The number of hydrogen-bond acceptors (Lipinski definition) is 7. The van der Waals surface area contributed by atoms with Gasteiger partial charge in [-0.2, -0.15) is 0 Å². The smallest absolute Gasteiger partial charge is 0.408 e. The zero-order valence-electron chi connectivity index (χ0n) is 15.6. The number of carbonyl (C=O) groups excluding carboxylic acids is 1. The van der Waals surface area contributed by atoms with E-state index < -0.39 is 17.8 Å². The second-order valence-corrected chi connectivity index (χ2v) is 7.35. The first-order chi connectivity index (χ1) is 12.9. The summed E-state index contributed by atoms with van der Waals surface area (Å²) >= 11 is 1.42. The molecule has 2 aromatic heterocycles. The van der Waals surface area contributed by atoms with Crippen LogP contribution in [0.15, 0.2) is 39.5 Å². The molecule has 1 atom stereocenters. The molecule has 8 heteroatoms. The SMILES string of the molecule is Cc1c(N(C)C)sc2nc([C@H](C)NC(=O)OCc3ccccc3)oc(=O)c12. The Morgan fingerprint density at radius 2 is 2.04 bits per heavy atom. The fraction of sp³-hybridized carbons (Fsp3) is 0.316. The van der Waals surface area contributed by atoms with E-state index >= 15 is 0 Å². The minimum Gasteiger partial charge on any atom is -0.445 e. The summed E-state index contributed by atoms with van der Waals surface area (Å²) < 4.78 is 10.5. The number of aryl methyl sites for hydroxylation is 1. The van der Waals surface area contributed by atoms with Crippen LogP contribution in [0.3, 0.4) is 0 Å². The maximum absolute atomic E-state index is 12.4. The number of aromatic nitrogens is 1. The van der Waals surface area contributed by atoms with E-state index in [1.54, 1.807) is 6.92 Å². The van der Waals surface area contributed by atoms with Crippen molar-refractivity contribution in [3.8, 4) is 0 Å². The van der Waals surface area contributed by atoms with Crippen LogP contribution in [0.5, 0.6) is 0 Å². The summed E-state index contributed by atoms with van der Waals surface area (Å²) in [6.07, 6.45) is -0.604. The summed E-state index contributed by atoms with van der Waals surface area (Å²) in [5, 5.41) is 4.07. The minimum atomic E-state index is -0.604. The van der Waals surface area contributed by atoms with Crippen LogP contribution in [0.2, 0.25) is 0 Å². The van der Waals surface area contributed by atoms with Crippen molar-refractivity contribution in [3.63, 3.8) is 0 Å². The van der Waals surface area contributed by atoms with Crippen LogP contribution in [0, 0.1) is 6.92 Å². The lowest BCUT2D eigenvalue weighted by molar-refractivity contribution is 0.134. The summed E-state index contributed by atoms with van der Waals surface area (Å²) in [5.41, 5.74) is 1.27. The van der Waals surface area contributed by atoms with Gasteiger partial charge in [0, 0.05) is 19.7 Å². The third kappa shape index (κ3) is 4.11. The Labute approximate surface area is 160 Å². The molecule has 0 spiro atoms. The van der Waals surface area contributed by atoms with Crippen molar-refractivity contribution in [2.24, 2.45) is 0 Å². The van der Waals surface area contributed by atoms with Crippen LogP contribution in [0.4, 0.5) is 9.80 Å². The van der Waals surface area contributed by atoms with Gasteiger partial charge in [-0.25, -0.2) is 14.6 Å². The molecule has 0 unspecified atom stereocenters. The van der Waals surface area contributed by atoms with Crippen molar-refractivity contribution in [2.45, 2.75) is 26.5 Å². The van der Waals surface area contributed by atoms with Gasteiger partial charge in [-0.3, -0.25) is 0 Å². The third-order valence-electron chi connectivity index (χ3n) is 4.04. The Bertz CT molecular complexity index is 1010. The quantitative estimate of drug-likeness (QED) is 0.720. The number of nitrogens with one attached hydrogen (secondary N) is 1. The van der Waals surface area contributed by atoms with Crippen molar-refractivity contribution in [3.05, 3.63) is 57.8 Å². The molecule has 0 aliphatic carbocycles. The third-order valence-corrected chi connectivity index (χ3v) is 5.39. The Morgan fingerprint density at radius 3 is 2.70 bits per heavy atom. The molecule has 1 amide bonds. The zero-order valence-corrected chi connectivity index (χ0v) is 16.4. The number of alkyl carbamates (subject to hydrolysis) is 1. The second kappa shape index (κ2) is 7.79. The Kier molecular flexibility index (Phi) is 5.46. The number of nitrogens with zero attached hydrogens (tertiary/aromatic N) is 2. The van der Waals surface area contributed by atoms with Crippen LogP contribution in [-0.4, -0.2) is 25.2 Å². The average Bonchev–Trinajstić information content (AvgIpc) is 2.98. The number of benzene rings is 1. The molecule has 0 radical (unpaired) electrons. The van der Waals surface area contributed by atoms with Gasteiger partial charge in [0.2, 0.25) is 5.89 Å². The molecule has 3 aromatic rings. The van der Waals surface area contributed by atoms with E-state index in [0.717, 1.165) is 16.1 Å². The van der Waals surface area contributed by atoms with Crippen molar-refractivity contribution in [1.82, 2.24) is 10.3 Å². The Balaban J connectivity index is 1.74. The predicted molar refractivity (Wildman–Crippen MR) is 105 cm³/mol. The van der Waals surface area contributed by atoms with Crippen LogP contribution in [0.25, 0.3) is 10.2 Å². The molecular weight excluding hydrogens is 366 g/mol. The summed E-state index contributed by atoms with van der Waals surface area (Å²) in [5.74, 6) is 0.149. The first kappa shape index (κ1) is 18.9. The van der Waals surface area contributed by atoms with E-state index in [1.807, 2.05) is 56.3 Å². The van der Waals surface area contributed by atoms with Gasteiger partial charge in [0.25, 0.3) is 0 Å². The van der Waals surface area contributed by atoms with E-state index in [2.05, 4.69) is 10.3 Å². The predicted octanol–water partition coefficient (Wildman–Crippen LogP) is 3.61. The first-order valence-corrected chi connectivity index (χ1v) is 9.27. The molecule has 0 aliphatic heterocycles. The fourth-order valence-corrected chi connectivity index (χ4v) is 3.78. The summed E-state index contributed by atoms with van der Waals surface area (Å²) in [6, 6.07) is 8.77. The van der Waals surface area contributed by atoms with Crippen molar-refractivity contribution in [2.75, 3.05) is 19.0 Å². The van der Waals surface area contributed by atoms with Gasteiger partial charge in [-0.1, -0.05) is 41.7 Å². The standard InChI is InChI=1S/C19H21N3O4S/c1-11-14-16(27-17(11)22(3)4)21-15(26-18(14)23)12(2)20-19(24)25-10-13-8-6-5-7-9-13/h5-9,12H,10H2,1-4H3,(H,20,24)/t12-/m0/s1. The van der Waals surface area contributed by atoms with Gasteiger partial charge in [0.05, 0.1) is 5.00 Å². The molecule has 2 heterocycles. The van der Waals surface area contributed by atoms with Gasteiger partial charge >= 0.3 is 11.7 Å².